The predicted octanol–water partition coefficient (Wildman–Crippen LogP) is 1.58. The van der Waals surface area contributed by atoms with E-state index in [0.717, 1.165) is 12.5 Å². The van der Waals surface area contributed by atoms with Crippen LogP contribution in [-0.2, 0) is 6.42 Å². The van der Waals surface area contributed by atoms with Gasteiger partial charge in [0.15, 0.2) is 11.8 Å². The third-order valence-electron chi connectivity index (χ3n) is 3.89. The molecule has 2 N–H and O–H groups in total. The topological polar surface area (TPSA) is 78.6 Å². The van der Waals surface area contributed by atoms with Gasteiger partial charge in [0.05, 0.1) is 0 Å². The fourth-order valence-electron chi connectivity index (χ4n) is 2.73. The molecule has 0 atom stereocenters. The van der Waals surface area contributed by atoms with Crippen LogP contribution in [0.25, 0.3) is 0 Å². The van der Waals surface area contributed by atoms with E-state index >= 15 is 0 Å². The number of nitrogens with one attached hydrogen (secondary N) is 2. The number of halogens is 1. The van der Waals surface area contributed by atoms with Crippen LogP contribution in [0.5, 0.6) is 0 Å². The first-order valence-corrected chi connectivity index (χ1v) is 8.20. The molecule has 1 saturated heterocycles. The molecule has 0 aliphatic carbocycles. The molecule has 1 aliphatic heterocycles. The molecule has 1 aromatic rings. The van der Waals surface area contributed by atoms with Gasteiger partial charge in [-0.15, -0.1) is 24.0 Å². The molecule has 0 spiro atoms. The summed E-state index contributed by atoms with van der Waals surface area (Å²) < 4.78 is 5.10. The van der Waals surface area contributed by atoms with Crippen LogP contribution in [0.2, 0.25) is 0 Å². The van der Waals surface area contributed by atoms with Gasteiger partial charge < -0.3 is 20.1 Å². The van der Waals surface area contributed by atoms with Crippen LogP contribution in [0, 0.1) is 6.92 Å². The molecule has 7 nitrogen and oxygen atoms in total. The average Bonchev–Trinajstić information content (AvgIpc) is 2.94. The number of hydrogen-bond donors (Lipinski definition) is 2. The van der Waals surface area contributed by atoms with E-state index in [1.54, 1.807) is 7.05 Å². The first-order valence-electron chi connectivity index (χ1n) is 8.20. The molecule has 1 aliphatic rings. The van der Waals surface area contributed by atoms with Crippen molar-refractivity contribution in [2.24, 2.45) is 4.99 Å². The van der Waals surface area contributed by atoms with Crippen molar-refractivity contribution < 1.29 is 4.52 Å². The summed E-state index contributed by atoms with van der Waals surface area (Å²) in [6.07, 6.45) is 4.28. The molecule has 2 heterocycles. The summed E-state index contributed by atoms with van der Waals surface area (Å²) in [7, 11) is 1.80. The second-order valence-electron chi connectivity index (χ2n) is 5.74. The van der Waals surface area contributed by atoms with Crippen molar-refractivity contribution in [2.45, 2.75) is 45.6 Å². The molecule has 0 unspecified atom stereocenters. The molecule has 1 fully saturated rings. The van der Waals surface area contributed by atoms with Crippen LogP contribution in [0.3, 0.4) is 0 Å². The van der Waals surface area contributed by atoms with Gasteiger partial charge in [0, 0.05) is 39.1 Å². The molecule has 132 valence electrons. The summed E-state index contributed by atoms with van der Waals surface area (Å²) in [6.45, 7) is 8.35. The van der Waals surface area contributed by atoms with E-state index in [9.17, 15) is 0 Å². The first kappa shape index (κ1) is 20.1. The van der Waals surface area contributed by atoms with E-state index < -0.39 is 0 Å². The molecular weight excluding hydrogens is 407 g/mol. The van der Waals surface area contributed by atoms with Gasteiger partial charge in [0.25, 0.3) is 0 Å². The fourth-order valence-corrected chi connectivity index (χ4v) is 2.73. The largest absolute Gasteiger partial charge is 0.356 e. The summed E-state index contributed by atoms with van der Waals surface area (Å²) in [5.74, 6) is 2.19. The van der Waals surface area contributed by atoms with Crippen molar-refractivity contribution in [3.8, 4) is 0 Å². The van der Waals surface area contributed by atoms with Crippen molar-refractivity contribution in [1.82, 2.24) is 25.7 Å². The molecule has 2 rings (SSSR count). The summed E-state index contributed by atoms with van der Waals surface area (Å²) in [5.41, 5.74) is 0. The van der Waals surface area contributed by atoms with E-state index in [2.05, 4.69) is 37.6 Å². The molecule has 0 aromatic carbocycles. The van der Waals surface area contributed by atoms with Crippen molar-refractivity contribution >= 4 is 29.9 Å². The van der Waals surface area contributed by atoms with Gasteiger partial charge in [-0.25, -0.2) is 0 Å². The number of rotatable bonds is 6. The Morgan fingerprint density at radius 2 is 2.13 bits per heavy atom. The van der Waals surface area contributed by atoms with E-state index in [1.165, 1.54) is 38.9 Å². The molecule has 0 amide bonds. The minimum absolute atomic E-state index is 0. The Bertz CT molecular complexity index is 470. The Hall–Kier alpha value is -0.900. The number of nitrogens with zero attached hydrogens (tertiary/aromatic N) is 4. The lowest BCUT2D eigenvalue weighted by Gasteiger charge is -2.32. The zero-order chi connectivity index (χ0) is 15.8. The maximum atomic E-state index is 5.10. The second-order valence-corrected chi connectivity index (χ2v) is 5.74. The lowest BCUT2D eigenvalue weighted by molar-refractivity contribution is 0.206. The van der Waals surface area contributed by atoms with Crippen molar-refractivity contribution in [1.29, 1.82) is 0 Å². The Balaban J connectivity index is 0.00000264. The highest BCUT2D eigenvalue weighted by Gasteiger charge is 2.19. The average molecular weight is 436 g/mol. The third kappa shape index (κ3) is 7.03. The predicted molar refractivity (Wildman–Crippen MR) is 102 cm³/mol. The molecular formula is C15H29IN6O. The number of aromatic nitrogens is 2. The molecule has 0 radical (unpaired) electrons. The van der Waals surface area contributed by atoms with Crippen LogP contribution >= 0.6 is 24.0 Å². The van der Waals surface area contributed by atoms with Gasteiger partial charge in [-0.05, 0) is 32.7 Å². The van der Waals surface area contributed by atoms with Gasteiger partial charge in [-0.2, -0.15) is 4.98 Å². The molecule has 0 bridgehead atoms. The Labute approximate surface area is 155 Å². The molecule has 23 heavy (non-hydrogen) atoms. The monoisotopic (exact) mass is 436 g/mol. The minimum Gasteiger partial charge on any atom is -0.356 e. The van der Waals surface area contributed by atoms with E-state index in [-0.39, 0.29) is 24.0 Å². The Kier molecular flexibility index (Phi) is 9.46. The highest BCUT2D eigenvalue weighted by Crippen LogP contribution is 2.10. The summed E-state index contributed by atoms with van der Waals surface area (Å²) in [6, 6.07) is 0.505. The summed E-state index contributed by atoms with van der Waals surface area (Å²) >= 11 is 0. The van der Waals surface area contributed by atoms with Crippen LogP contribution in [-0.4, -0.2) is 60.3 Å². The van der Waals surface area contributed by atoms with Crippen molar-refractivity contribution in [3.63, 3.8) is 0 Å². The van der Waals surface area contributed by atoms with Gasteiger partial charge in [-0.3, -0.25) is 4.99 Å². The lowest BCUT2D eigenvalue weighted by Crippen LogP contribution is -2.49. The quantitative estimate of drug-likeness (QED) is 0.401. The standard InChI is InChI=1S/C15H28N6O.HI/c1-4-9-21-10-6-13(7-11-21)19-15(16-3)17-8-5-14-18-12(2)20-22-14;/h13H,4-11H2,1-3H3,(H2,16,17,19);1H. The SMILES string of the molecule is CCCN1CCC(NC(=NC)NCCc2nc(C)no2)CC1.I. The molecule has 1 aromatic heterocycles. The summed E-state index contributed by atoms with van der Waals surface area (Å²) in [5, 5.41) is 10.6. The van der Waals surface area contributed by atoms with Crippen LogP contribution in [0.15, 0.2) is 9.52 Å². The Morgan fingerprint density at radius 3 is 2.70 bits per heavy atom. The summed E-state index contributed by atoms with van der Waals surface area (Å²) in [4.78, 5) is 11.0. The normalized spacial score (nSPS) is 16.9. The minimum atomic E-state index is 0. The molecule has 8 heteroatoms. The highest BCUT2D eigenvalue weighted by molar-refractivity contribution is 14.0. The Morgan fingerprint density at radius 1 is 1.39 bits per heavy atom. The zero-order valence-corrected chi connectivity index (χ0v) is 16.7. The van der Waals surface area contributed by atoms with E-state index in [4.69, 9.17) is 4.52 Å². The number of likely N-dealkylation sites (tertiary alicyclic amines) is 1. The number of aliphatic imine (C=N–C) groups is 1. The maximum absolute atomic E-state index is 5.10. The number of aryl methyl sites for hydroxylation is 1. The van der Waals surface area contributed by atoms with Crippen molar-refractivity contribution in [2.75, 3.05) is 33.2 Å². The van der Waals surface area contributed by atoms with Crippen LogP contribution < -0.4 is 10.6 Å². The van der Waals surface area contributed by atoms with Crippen LogP contribution in [0.4, 0.5) is 0 Å². The highest BCUT2D eigenvalue weighted by atomic mass is 127. The van der Waals surface area contributed by atoms with Gasteiger partial charge in [0.2, 0.25) is 5.89 Å². The van der Waals surface area contributed by atoms with Gasteiger partial charge in [-0.1, -0.05) is 12.1 Å². The zero-order valence-electron chi connectivity index (χ0n) is 14.3. The maximum Gasteiger partial charge on any atom is 0.228 e. The van der Waals surface area contributed by atoms with E-state index in [0.29, 0.717) is 24.2 Å². The van der Waals surface area contributed by atoms with Gasteiger partial charge in [0.1, 0.15) is 0 Å². The van der Waals surface area contributed by atoms with E-state index in [1.807, 2.05) is 6.92 Å². The van der Waals surface area contributed by atoms with Gasteiger partial charge >= 0.3 is 0 Å². The number of piperidine rings is 1. The smallest absolute Gasteiger partial charge is 0.228 e. The molecule has 0 saturated carbocycles. The number of hydrogen-bond acceptors (Lipinski definition) is 5. The van der Waals surface area contributed by atoms with Crippen LogP contribution in [0.1, 0.15) is 37.9 Å². The fraction of sp³-hybridized carbons (Fsp3) is 0.800. The lowest BCUT2D eigenvalue weighted by atomic mass is 10.1. The second kappa shape index (κ2) is 10.8. The number of guanidine groups is 1. The van der Waals surface area contributed by atoms with Crippen molar-refractivity contribution in [3.05, 3.63) is 11.7 Å². The first-order chi connectivity index (χ1) is 10.7. The third-order valence-corrected chi connectivity index (χ3v) is 3.89.